The molecule has 2 rings (SSSR count). The quantitative estimate of drug-likeness (QED) is 0.330. The topological polar surface area (TPSA) is 74.8 Å². The van der Waals surface area contributed by atoms with Crippen molar-refractivity contribution in [2.24, 2.45) is 4.99 Å². The molecule has 0 radical (unpaired) electrons. The molecular formula is C21H25F3N4O2. The second-order valence-corrected chi connectivity index (χ2v) is 6.29. The molecular weight excluding hydrogens is 397 g/mol. The fourth-order valence-corrected chi connectivity index (χ4v) is 2.42. The maximum absolute atomic E-state index is 12.2. The summed E-state index contributed by atoms with van der Waals surface area (Å²) in [5.74, 6) is 0.579. The summed E-state index contributed by atoms with van der Waals surface area (Å²) in [5, 5.41) is 9.04. The van der Waals surface area contributed by atoms with E-state index in [-0.39, 0.29) is 11.7 Å². The number of carbonyl (C=O) groups is 1. The molecule has 0 atom stereocenters. The Labute approximate surface area is 173 Å². The largest absolute Gasteiger partial charge is 0.484 e. The van der Waals surface area contributed by atoms with Crippen molar-refractivity contribution < 1.29 is 22.7 Å². The normalized spacial score (nSPS) is 11.7. The van der Waals surface area contributed by atoms with E-state index in [2.05, 4.69) is 25.7 Å². The average Bonchev–Trinajstić information content (AvgIpc) is 2.74. The summed E-state index contributed by atoms with van der Waals surface area (Å²) >= 11 is 0. The minimum absolute atomic E-state index is 0.146. The van der Waals surface area contributed by atoms with Crippen LogP contribution < -0.4 is 20.7 Å². The minimum atomic E-state index is -4.37. The molecule has 0 fully saturated rings. The van der Waals surface area contributed by atoms with Crippen molar-refractivity contribution in [1.29, 1.82) is 0 Å². The number of halogens is 3. The summed E-state index contributed by atoms with van der Waals surface area (Å²) in [5.41, 5.74) is 1.42. The molecule has 0 aliphatic rings. The molecule has 2 aromatic rings. The predicted octanol–water partition coefficient (Wildman–Crippen LogP) is 3.11. The second-order valence-electron chi connectivity index (χ2n) is 6.29. The lowest BCUT2D eigenvalue weighted by atomic mass is 10.2. The average molecular weight is 422 g/mol. The van der Waals surface area contributed by atoms with Gasteiger partial charge in [-0.1, -0.05) is 30.3 Å². The zero-order chi connectivity index (χ0) is 21.8. The van der Waals surface area contributed by atoms with Crippen LogP contribution >= 0.6 is 0 Å². The third-order valence-corrected chi connectivity index (χ3v) is 3.83. The van der Waals surface area contributed by atoms with Crippen molar-refractivity contribution in [3.8, 4) is 5.75 Å². The van der Waals surface area contributed by atoms with E-state index >= 15 is 0 Å². The molecule has 0 saturated heterocycles. The van der Waals surface area contributed by atoms with Crippen LogP contribution in [0.15, 0.2) is 59.6 Å². The van der Waals surface area contributed by atoms with Gasteiger partial charge in [0, 0.05) is 25.2 Å². The molecule has 0 aromatic heterocycles. The fraction of sp³-hybridized carbons (Fsp3) is 0.333. The minimum Gasteiger partial charge on any atom is -0.484 e. The maximum Gasteiger partial charge on any atom is 0.422 e. The van der Waals surface area contributed by atoms with Crippen molar-refractivity contribution in [3.05, 3.63) is 65.7 Å². The lowest BCUT2D eigenvalue weighted by molar-refractivity contribution is -0.153. The monoisotopic (exact) mass is 422 g/mol. The highest BCUT2D eigenvalue weighted by atomic mass is 19.4. The number of hydrogen-bond donors (Lipinski definition) is 3. The van der Waals surface area contributed by atoms with Gasteiger partial charge in [0.05, 0.1) is 6.54 Å². The summed E-state index contributed by atoms with van der Waals surface area (Å²) in [4.78, 5) is 16.4. The number of nitrogens with zero attached hydrogens (tertiary/aromatic N) is 1. The summed E-state index contributed by atoms with van der Waals surface area (Å²) in [6.45, 7) is 2.51. The Bertz CT molecular complexity index is 809. The van der Waals surface area contributed by atoms with Crippen molar-refractivity contribution >= 4 is 11.9 Å². The maximum atomic E-state index is 12.2. The number of nitrogens with one attached hydrogen (secondary N) is 3. The van der Waals surface area contributed by atoms with E-state index in [0.717, 1.165) is 5.56 Å². The van der Waals surface area contributed by atoms with Crippen molar-refractivity contribution in [2.45, 2.75) is 19.6 Å². The van der Waals surface area contributed by atoms with E-state index in [9.17, 15) is 18.0 Å². The van der Waals surface area contributed by atoms with Gasteiger partial charge in [-0.15, -0.1) is 0 Å². The first kappa shape index (κ1) is 23.1. The Hall–Kier alpha value is -3.23. The van der Waals surface area contributed by atoms with Crippen LogP contribution in [0.25, 0.3) is 0 Å². The summed E-state index contributed by atoms with van der Waals surface area (Å²) in [6, 6.07) is 15.2. The molecule has 0 saturated carbocycles. The number of aliphatic imine (C=N–C) groups is 1. The molecule has 9 heteroatoms. The molecule has 0 aliphatic carbocycles. The number of alkyl halides is 3. The van der Waals surface area contributed by atoms with Gasteiger partial charge in [-0.05, 0) is 36.8 Å². The number of carbonyl (C=O) groups excluding carboxylic acids is 1. The van der Waals surface area contributed by atoms with Crippen LogP contribution in [0.2, 0.25) is 0 Å². The molecule has 3 N–H and O–H groups in total. The van der Waals surface area contributed by atoms with Crippen LogP contribution in [0, 0.1) is 0 Å². The highest BCUT2D eigenvalue weighted by Crippen LogP contribution is 2.19. The van der Waals surface area contributed by atoms with Gasteiger partial charge in [-0.2, -0.15) is 13.2 Å². The van der Waals surface area contributed by atoms with Crippen LogP contribution in [0.3, 0.4) is 0 Å². The highest BCUT2D eigenvalue weighted by Gasteiger charge is 2.28. The number of hydrogen-bond acceptors (Lipinski definition) is 3. The van der Waals surface area contributed by atoms with Crippen molar-refractivity contribution in [3.63, 3.8) is 0 Å². The Morgan fingerprint density at radius 3 is 2.27 bits per heavy atom. The Balaban J connectivity index is 1.78. The smallest absolute Gasteiger partial charge is 0.422 e. The molecule has 6 nitrogen and oxygen atoms in total. The molecule has 0 bridgehead atoms. The van der Waals surface area contributed by atoms with Crippen LogP contribution in [0.4, 0.5) is 13.2 Å². The zero-order valence-corrected chi connectivity index (χ0v) is 16.6. The third-order valence-electron chi connectivity index (χ3n) is 3.83. The Kier molecular flexibility index (Phi) is 8.99. The number of guanidine groups is 1. The Morgan fingerprint density at radius 2 is 1.63 bits per heavy atom. The molecule has 0 unspecified atom stereocenters. The predicted molar refractivity (Wildman–Crippen MR) is 110 cm³/mol. The van der Waals surface area contributed by atoms with Gasteiger partial charge < -0.3 is 20.7 Å². The standard InChI is InChI=1S/C21H25F3N4O2/c1-2-25-20(27-13-12-26-19(29)17-6-4-3-5-7-17)28-14-16-8-10-18(11-9-16)30-15-21(22,23)24/h3-11H,2,12-15H2,1H3,(H,26,29)(H2,25,27,28). The number of benzene rings is 2. The summed E-state index contributed by atoms with van der Waals surface area (Å²) in [6.07, 6.45) is -4.37. The first-order valence-corrected chi connectivity index (χ1v) is 9.51. The summed E-state index contributed by atoms with van der Waals surface area (Å²) in [7, 11) is 0. The van der Waals surface area contributed by atoms with E-state index in [1.807, 2.05) is 13.0 Å². The molecule has 0 aliphatic heterocycles. The van der Waals surface area contributed by atoms with Gasteiger partial charge in [-0.3, -0.25) is 4.79 Å². The first-order chi connectivity index (χ1) is 14.4. The van der Waals surface area contributed by atoms with Gasteiger partial charge in [0.2, 0.25) is 0 Å². The van der Waals surface area contributed by atoms with E-state index in [0.29, 0.717) is 37.7 Å². The van der Waals surface area contributed by atoms with E-state index in [1.54, 1.807) is 36.4 Å². The van der Waals surface area contributed by atoms with Crippen LogP contribution in [0.5, 0.6) is 5.75 Å². The number of ether oxygens (including phenoxy) is 1. The van der Waals surface area contributed by atoms with Crippen LogP contribution in [-0.4, -0.2) is 44.3 Å². The lowest BCUT2D eigenvalue weighted by Gasteiger charge is -2.12. The molecule has 0 spiro atoms. The number of rotatable bonds is 9. The van der Waals surface area contributed by atoms with Gasteiger partial charge in [-0.25, -0.2) is 4.99 Å². The van der Waals surface area contributed by atoms with Gasteiger partial charge in [0.15, 0.2) is 12.6 Å². The third kappa shape index (κ3) is 8.85. The molecule has 30 heavy (non-hydrogen) atoms. The Morgan fingerprint density at radius 1 is 0.967 bits per heavy atom. The fourth-order valence-electron chi connectivity index (χ4n) is 2.42. The molecule has 2 aromatic carbocycles. The highest BCUT2D eigenvalue weighted by molar-refractivity contribution is 5.94. The second kappa shape index (κ2) is 11.7. The SMILES string of the molecule is CCNC(=NCc1ccc(OCC(F)(F)F)cc1)NCCNC(=O)c1ccccc1. The van der Waals surface area contributed by atoms with Gasteiger partial charge in [0.1, 0.15) is 5.75 Å². The van der Waals surface area contributed by atoms with Crippen molar-refractivity contribution in [1.82, 2.24) is 16.0 Å². The van der Waals surface area contributed by atoms with E-state index in [1.165, 1.54) is 12.1 Å². The van der Waals surface area contributed by atoms with Crippen LogP contribution in [0.1, 0.15) is 22.8 Å². The van der Waals surface area contributed by atoms with E-state index < -0.39 is 12.8 Å². The van der Waals surface area contributed by atoms with Gasteiger partial charge >= 0.3 is 6.18 Å². The lowest BCUT2D eigenvalue weighted by Crippen LogP contribution is -2.41. The molecule has 162 valence electrons. The molecule has 1 amide bonds. The van der Waals surface area contributed by atoms with Crippen LogP contribution in [-0.2, 0) is 6.54 Å². The van der Waals surface area contributed by atoms with Gasteiger partial charge in [0.25, 0.3) is 5.91 Å². The first-order valence-electron chi connectivity index (χ1n) is 9.51. The van der Waals surface area contributed by atoms with E-state index in [4.69, 9.17) is 0 Å². The molecule has 0 heterocycles. The number of amides is 1. The summed E-state index contributed by atoms with van der Waals surface area (Å²) < 4.78 is 41.2. The van der Waals surface area contributed by atoms with Crippen molar-refractivity contribution in [2.75, 3.05) is 26.2 Å². The zero-order valence-electron chi connectivity index (χ0n) is 16.6.